The Morgan fingerprint density at radius 1 is 0.750 bits per heavy atom. The number of benzene rings is 1. The van der Waals surface area contributed by atoms with E-state index in [1.807, 2.05) is 0 Å². The van der Waals surface area contributed by atoms with Gasteiger partial charge in [0.05, 0.1) is 0 Å². The first-order chi connectivity index (χ1) is 11.5. The van der Waals surface area contributed by atoms with Gasteiger partial charge in [0.2, 0.25) is 0 Å². The van der Waals surface area contributed by atoms with Crippen molar-refractivity contribution < 1.29 is 5.11 Å². The van der Waals surface area contributed by atoms with Crippen LogP contribution in [-0.2, 0) is 11.5 Å². The van der Waals surface area contributed by atoms with Crippen molar-refractivity contribution in [3.05, 3.63) is 28.8 Å². The molecule has 0 aromatic heterocycles. The van der Waals surface area contributed by atoms with Gasteiger partial charge >= 0.3 is 0 Å². The van der Waals surface area contributed by atoms with Crippen LogP contribution < -0.4 is 0 Å². The minimum Gasteiger partial charge on any atom is -0.289 e. The van der Waals surface area contributed by atoms with Crippen LogP contribution in [0.25, 0.3) is 0 Å². The second-order valence-electron chi connectivity index (χ2n) is 7.59. The van der Waals surface area contributed by atoms with E-state index in [9.17, 15) is 5.11 Å². The van der Waals surface area contributed by atoms with Crippen molar-refractivity contribution in [2.24, 2.45) is 0 Å². The fraction of sp³-hybridized carbons (Fsp3) is 0.739. The van der Waals surface area contributed by atoms with Crippen molar-refractivity contribution in [1.82, 2.24) is 0 Å². The average Bonchev–Trinajstić information content (AvgIpc) is 2.60. The third-order valence-electron chi connectivity index (χ3n) is 5.56. The SMILES string of the molecule is CCCCCCCCCc1cc(C(C)CC)c([O])c(C(C)CC)c1. The molecular formula is C23H39O. The van der Waals surface area contributed by atoms with Crippen molar-refractivity contribution in [3.8, 4) is 5.75 Å². The van der Waals surface area contributed by atoms with E-state index >= 15 is 0 Å². The van der Waals surface area contributed by atoms with Crippen LogP contribution in [0.3, 0.4) is 0 Å². The molecule has 1 aromatic rings. The molecule has 0 fully saturated rings. The molecule has 1 nitrogen and oxygen atoms in total. The van der Waals surface area contributed by atoms with Crippen molar-refractivity contribution in [1.29, 1.82) is 0 Å². The molecule has 0 bridgehead atoms. The van der Waals surface area contributed by atoms with Gasteiger partial charge in [-0.15, -0.1) is 0 Å². The Labute approximate surface area is 150 Å². The zero-order chi connectivity index (χ0) is 17.9. The maximum atomic E-state index is 12.8. The van der Waals surface area contributed by atoms with Crippen molar-refractivity contribution in [2.75, 3.05) is 0 Å². The van der Waals surface area contributed by atoms with E-state index < -0.39 is 0 Å². The Hall–Kier alpha value is -0.980. The zero-order valence-corrected chi connectivity index (χ0v) is 16.8. The van der Waals surface area contributed by atoms with E-state index in [2.05, 4.69) is 46.8 Å². The lowest BCUT2D eigenvalue weighted by Crippen LogP contribution is -2.01. The maximum Gasteiger partial charge on any atom is 0.185 e. The average molecular weight is 332 g/mol. The number of hydrogen-bond donors (Lipinski definition) is 0. The molecule has 1 aromatic carbocycles. The third-order valence-corrected chi connectivity index (χ3v) is 5.56. The first-order valence-corrected chi connectivity index (χ1v) is 10.4. The molecule has 0 N–H and O–H groups in total. The van der Waals surface area contributed by atoms with Gasteiger partial charge in [-0.1, -0.05) is 85.3 Å². The van der Waals surface area contributed by atoms with Crippen molar-refractivity contribution in [2.45, 2.75) is 111 Å². The molecule has 2 unspecified atom stereocenters. The number of hydrogen-bond acceptors (Lipinski definition) is 0. The second kappa shape index (κ2) is 11.6. The van der Waals surface area contributed by atoms with Crippen LogP contribution in [-0.4, -0.2) is 0 Å². The van der Waals surface area contributed by atoms with Gasteiger partial charge in [-0.3, -0.25) is 5.11 Å². The van der Waals surface area contributed by atoms with Gasteiger partial charge in [0.25, 0.3) is 0 Å². The van der Waals surface area contributed by atoms with E-state index in [4.69, 9.17) is 0 Å². The molecule has 1 rings (SSSR count). The predicted molar refractivity (Wildman–Crippen MR) is 106 cm³/mol. The highest BCUT2D eigenvalue weighted by atomic mass is 16.3. The molecule has 0 aliphatic rings. The normalized spacial score (nSPS) is 13.9. The summed E-state index contributed by atoms with van der Waals surface area (Å²) in [6, 6.07) is 4.42. The maximum absolute atomic E-state index is 12.8. The van der Waals surface area contributed by atoms with Crippen LogP contribution in [0.4, 0.5) is 0 Å². The Bertz CT molecular complexity index is 432. The van der Waals surface area contributed by atoms with E-state index in [-0.39, 0.29) is 0 Å². The van der Waals surface area contributed by atoms with Crippen LogP contribution in [0.5, 0.6) is 5.75 Å². The molecule has 0 spiro atoms. The standard InChI is InChI=1S/C23H39O/c1-6-9-10-11-12-13-14-15-20-16-21(18(4)7-2)23(24)22(17-20)19(5)8-3/h16-19H,6-15H2,1-5H3. The summed E-state index contributed by atoms with van der Waals surface area (Å²) < 4.78 is 0. The topological polar surface area (TPSA) is 19.9 Å². The highest BCUT2D eigenvalue weighted by molar-refractivity contribution is 5.47. The predicted octanol–water partition coefficient (Wildman–Crippen LogP) is 8.15. The summed E-state index contributed by atoms with van der Waals surface area (Å²) in [4.78, 5) is 0. The first kappa shape index (κ1) is 21.1. The van der Waals surface area contributed by atoms with Crippen LogP contribution in [0.1, 0.15) is 121 Å². The first-order valence-electron chi connectivity index (χ1n) is 10.4. The lowest BCUT2D eigenvalue weighted by molar-refractivity contribution is 0.338. The van der Waals surface area contributed by atoms with E-state index in [0.717, 1.165) is 30.4 Å². The van der Waals surface area contributed by atoms with Gasteiger partial charge in [0, 0.05) is 11.1 Å². The molecule has 24 heavy (non-hydrogen) atoms. The molecule has 137 valence electrons. The van der Waals surface area contributed by atoms with Crippen LogP contribution in [0.15, 0.2) is 12.1 Å². The Kier molecular flexibility index (Phi) is 10.1. The van der Waals surface area contributed by atoms with E-state index in [1.54, 1.807) is 0 Å². The van der Waals surface area contributed by atoms with Crippen LogP contribution in [0, 0.1) is 0 Å². The summed E-state index contributed by atoms with van der Waals surface area (Å²) in [6.07, 6.45) is 12.6. The Morgan fingerprint density at radius 3 is 1.67 bits per heavy atom. The minimum absolute atomic E-state index is 0.307. The lowest BCUT2D eigenvalue weighted by atomic mass is 9.87. The molecule has 1 heteroatoms. The van der Waals surface area contributed by atoms with E-state index in [1.165, 1.54) is 50.5 Å². The fourth-order valence-corrected chi connectivity index (χ4v) is 3.34. The molecule has 2 atom stereocenters. The van der Waals surface area contributed by atoms with Gasteiger partial charge in [0.15, 0.2) is 5.75 Å². The molecule has 0 aliphatic carbocycles. The highest BCUT2D eigenvalue weighted by Gasteiger charge is 2.19. The molecule has 1 radical (unpaired) electrons. The summed E-state index contributed by atoms with van der Waals surface area (Å²) in [5.74, 6) is 1.05. The van der Waals surface area contributed by atoms with Gasteiger partial charge in [-0.2, -0.15) is 0 Å². The summed E-state index contributed by atoms with van der Waals surface area (Å²) >= 11 is 0. The van der Waals surface area contributed by atoms with Crippen LogP contribution >= 0.6 is 0 Å². The van der Waals surface area contributed by atoms with Crippen molar-refractivity contribution in [3.63, 3.8) is 0 Å². The van der Waals surface area contributed by atoms with Crippen LogP contribution in [0.2, 0.25) is 0 Å². The fourth-order valence-electron chi connectivity index (χ4n) is 3.34. The largest absolute Gasteiger partial charge is 0.289 e. The molecule has 0 heterocycles. The number of aryl methyl sites for hydroxylation is 1. The number of rotatable bonds is 12. The second-order valence-corrected chi connectivity index (χ2v) is 7.59. The molecule has 0 saturated carbocycles. The van der Waals surface area contributed by atoms with Crippen molar-refractivity contribution >= 4 is 0 Å². The summed E-state index contributed by atoms with van der Waals surface area (Å²) in [6.45, 7) is 11.0. The van der Waals surface area contributed by atoms with Gasteiger partial charge in [-0.05, 0) is 43.1 Å². The quantitative estimate of drug-likeness (QED) is 0.344. The van der Waals surface area contributed by atoms with Gasteiger partial charge < -0.3 is 0 Å². The minimum atomic E-state index is 0.307. The van der Waals surface area contributed by atoms with Gasteiger partial charge in [-0.25, -0.2) is 0 Å². The summed E-state index contributed by atoms with van der Waals surface area (Å²) in [7, 11) is 0. The highest BCUT2D eigenvalue weighted by Crippen LogP contribution is 2.38. The molecular weight excluding hydrogens is 292 g/mol. The zero-order valence-electron chi connectivity index (χ0n) is 16.8. The Morgan fingerprint density at radius 2 is 1.21 bits per heavy atom. The summed E-state index contributed by atoms with van der Waals surface area (Å²) in [5.41, 5.74) is 3.48. The molecule has 0 amide bonds. The summed E-state index contributed by atoms with van der Waals surface area (Å²) in [5, 5.41) is 12.8. The number of unbranched alkanes of at least 4 members (excludes halogenated alkanes) is 6. The van der Waals surface area contributed by atoms with E-state index in [0.29, 0.717) is 17.6 Å². The molecule has 0 aliphatic heterocycles. The molecule has 0 saturated heterocycles. The Balaban J connectivity index is 2.72. The monoisotopic (exact) mass is 331 g/mol. The lowest BCUT2D eigenvalue weighted by Gasteiger charge is -2.18. The smallest absolute Gasteiger partial charge is 0.185 e. The van der Waals surface area contributed by atoms with Gasteiger partial charge in [0.1, 0.15) is 0 Å². The third kappa shape index (κ3) is 6.49.